The largest absolute Gasteiger partial charge is 0.496 e. The van der Waals surface area contributed by atoms with E-state index in [1.54, 1.807) is 44.4 Å². The Labute approximate surface area is 167 Å². The van der Waals surface area contributed by atoms with E-state index < -0.39 is 23.4 Å². The predicted molar refractivity (Wildman–Crippen MR) is 105 cm³/mol. The monoisotopic (exact) mass is 401 g/mol. The number of hydrogen-bond acceptors (Lipinski definition) is 4. The molecule has 7 nitrogen and oxygen atoms in total. The van der Waals surface area contributed by atoms with Gasteiger partial charge in [0.15, 0.2) is 0 Å². The van der Waals surface area contributed by atoms with Gasteiger partial charge in [-0.25, -0.2) is 4.79 Å². The highest BCUT2D eigenvalue weighted by Crippen LogP contribution is 2.27. The van der Waals surface area contributed by atoms with Crippen molar-refractivity contribution < 1.29 is 19.1 Å². The molecule has 2 aromatic rings. The van der Waals surface area contributed by atoms with Gasteiger partial charge in [0.25, 0.3) is 5.91 Å². The van der Waals surface area contributed by atoms with Gasteiger partial charge in [-0.15, -0.1) is 0 Å². The summed E-state index contributed by atoms with van der Waals surface area (Å²) in [5, 5.41) is 5.87. The molecule has 0 unspecified atom stereocenters. The van der Waals surface area contributed by atoms with Crippen LogP contribution in [0.3, 0.4) is 0 Å². The highest BCUT2D eigenvalue weighted by Gasteiger charge is 2.48. The molecule has 1 aliphatic rings. The van der Waals surface area contributed by atoms with Crippen LogP contribution in [0.1, 0.15) is 12.5 Å². The minimum absolute atomic E-state index is 0.247. The van der Waals surface area contributed by atoms with E-state index in [0.29, 0.717) is 16.5 Å². The molecule has 8 heteroatoms. The molecule has 1 heterocycles. The average Bonchev–Trinajstić information content (AvgIpc) is 2.87. The van der Waals surface area contributed by atoms with Crippen LogP contribution in [-0.2, 0) is 16.0 Å². The molecule has 1 atom stereocenters. The van der Waals surface area contributed by atoms with Crippen molar-refractivity contribution in [2.75, 3.05) is 19.0 Å². The van der Waals surface area contributed by atoms with E-state index in [9.17, 15) is 14.4 Å². The second-order valence-corrected chi connectivity index (χ2v) is 7.13. The van der Waals surface area contributed by atoms with Gasteiger partial charge in [0.2, 0.25) is 5.91 Å². The molecule has 1 aliphatic heterocycles. The summed E-state index contributed by atoms with van der Waals surface area (Å²) in [6.45, 7) is 1.26. The van der Waals surface area contributed by atoms with Crippen molar-refractivity contribution in [2.45, 2.75) is 18.9 Å². The molecule has 0 saturated carbocycles. The number of imide groups is 1. The number of benzene rings is 2. The van der Waals surface area contributed by atoms with Crippen molar-refractivity contribution in [3.63, 3.8) is 0 Å². The van der Waals surface area contributed by atoms with Gasteiger partial charge in [-0.05, 0) is 42.8 Å². The first-order valence-electron chi connectivity index (χ1n) is 8.64. The SMILES string of the molecule is COc1ccccc1C[C@@]1(C)NC(=O)N(CC(=O)Nc2ccc(Cl)cc2)C1=O. The Balaban J connectivity index is 1.70. The predicted octanol–water partition coefficient (Wildman–Crippen LogP) is 2.84. The van der Waals surface area contributed by atoms with Crippen LogP contribution in [0.2, 0.25) is 5.02 Å². The molecular weight excluding hydrogens is 382 g/mol. The van der Waals surface area contributed by atoms with Crippen LogP contribution in [0, 0.1) is 0 Å². The van der Waals surface area contributed by atoms with Crippen molar-refractivity contribution in [3.8, 4) is 5.75 Å². The molecule has 3 rings (SSSR count). The topological polar surface area (TPSA) is 87.7 Å². The van der Waals surface area contributed by atoms with Crippen molar-refractivity contribution >= 4 is 35.1 Å². The third kappa shape index (κ3) is 4.09. The van der Waals surface area contributed by atoms with Crippen LogP contribution in [0.15, 0.2) is 48.5 Å². The first-order chi connectivity index (χ1) is 13.3. The summed E-state index contributed by atoms with van der Waals surface area (Å²) in [4.78, 5) is 38.4. The maximum absolute atomic E-state index is 12.9. The fraction of sp³-hybridized carbons (Fsp3) is 0.250. The van der Waals surface area contributed by atoms with Gasteiger partial charge < -0.3 is 15.4 Å². The number of methoxy groups -OCH3 is 1. The van der Waals surface area contributed by atoms with E-state index in [-0.39, 0.29) is 13.0 Å². The molecule has 146 valence electrons. The molecule has 2 aromatic carbocycles. The quantitative estimate of drug-likeness (QED) is 0.728. The van der Waals surface area contributed by atoms with Gasteiger partial charge in [0, 0.05) is 17.1 Å². The second-order valence-electron chi connectivity index (χ2n) is 6.70. The number of nitrogens with one attached hydrogen (secondary N) is 2. The van der Waals surface area contributed by atoms with Gasteiger partial charge in [-0.2, -0.15) is 0 Å². The van der Waals surface area contributed by atoms with Gasteiger partial charge in [0.1, 0.15) is 17.8 Å². The first-order valence-corrected chi connectivity index (χ1v) is 9.01. The maximum atomic E-state index is 12.9. The molecule has 0 aliphatic carbocycles. The first kappa shape index (κ1) is 19.7. The van der Waals surface area contributed by atoms with Crippen molar-refractivity contribution in [1.82, 2.24) is 10.2 Å². The third-order valence-electron chi connectivity index (χ3n) is 4.51. The number of hydrogen-bond donors (Lipinski definition) is 2. The molecular formula is C20H20ClN3O4. The third-order valence-corrected chi connectivity index (χ3v) is 4.76. The van der Waals surface area contributed by atoms with Crippen LogP contribution in [0.4, 0.5) is 10.5 Å². The van der Waals surface area contributed by atoms with Crippen molar-refractivity contribution in [1.29, 1.82) is 0 Å². The van der Waals surface area contributed by atoms with E-state index in [1.165, 1.54) is 0 Å². The number of urea groups is 1. The fourth-order valence-electron chi connectivity index (χ4n) is 3.12. The lowest BCUT2D eigenvalue weighted by Gasteiger charge is -2.22. The van der Waals surface area contributed by atoms with E-state index in [2.05, 4.69) is 10.6 Å². The Morgan fingerprint density at radius 2 is 1.86 bits per heavy atom. The summed E-state index contributed by atoms with van der Waals surface area (Å²) in [6.07, 6.45) is 0.247. The summed E-state index contributed by atoms with van der Waals surface area (Å²) in [7, 11) is 1.55. The number of nitrogens with zero attached hydrogens (tertiary/aromatic N) is 1. The molecule has 28 heavy (non-hydrogen) atoms. The summed E-state index contributed by atoms with van der Waals surface area (Å²) >= 11 is 5.82. The van der Waals surface area contributed by atoms with Crippen molar-refractivity contribution in [2.24, 2.45) is 0 Å². The van der Waals surface area contributed by atoms with Crippen LogP contribution in [0.5, 0.6) is 5.75 Å². The lowest BCUT2D eigenvalue weighted by atomic mass is 9.92. The molecule has 1 fully saturated rings. The minimum Gasteiger partial charge on any atom is -0.496 e. The Morgan fingerprint density at radius 3 is 2.54 bits per heavy atom. The number of rotatable bonds is 6. The van der Waals surface area contributed by atoms with Crippen LogP contribution in [-0.4, -0.2) is 41.9 Å². The number of carbonyl (C=O) groups excluding carboxylic acids is 3. The standard InChI is InChI=1S/C20H20ClN3O4/c1-20(11-13-5-3-4-6-16(13)28-2)18(26)24(19(27)23-20)12-17(25)22-15-9-7-14(21)8-10-15/h3-10H,11-12H2,1-2H3,(H,22,25)(H,23,27)/t20-/m1/s1. The zero-order chi connectivity index (χ0) is 20.3. The summed E-state index contributed by atoms with van der Waals surface area (Å²) in [5.74, 6) is -0.313. The highest BCUT2D eigenvalue weighted by molar-refractivity contribution is 6.30. The van der Waals surface area contributed by atoms with Gasteiger partial charge in [-0.3, -0.25) is 14.5 Å². The number of anilines is 1. The van der Waals surface area contributed by atoms with E-state index in [1.807, 2.05) is 18.2 Å². The van der Waals surface area contributed by atoms with E-state index in [4.69, 9.17) is 16.3 Å². The van der Waals surface area contributed by atoms with E-state index in [0.717, 1.165) is 10.5 Å². The Kier molecular flexibility index (Phi) is 5.56. The lowest BCUT2D eigenvalue weighted by molar-refractivity contribution is -0.133. The molecule has 2 N–H and O–H groups in total. The number of para-hydroxylation sites is 1. The summed E-state index contributed by atoms with van der Waals surface area (Å²) in [6, 6.07) is 13.2. The van der Waals surface area contributed by atoms with Gasteiger partial charge in [-0.1, -0.05) is 29.8 Å². The maximum Gasteiger partial charge on any atom is 0.325 e. The zero-order valence-electron chi connectivity index (χ0n) is 15.5. The molecule has 0 bridgehead atoms. The van der Waals surface area contributed by atoms with Crippen LogP contribution < -0.4 is 15.4 Å². The van der Waals surface area contributed by atoms with E-state index >= 15 is 0 Å². The minimum atomic E-state index is -1.16. The Hall–Kier alpha value is -3.06. The Bertz CT molecular complexity index is 916. The second kappa shape index (κ2) is 7.90. The zero-order valence-corrected chi connectivity index (χ0v) is 16.2. The highest BCUT2D eigenvalue weighted by atomic mass is 35.5. The number of amides is 4. The molecule has 1 saturated heterocycles. The molecule has 4 amide bonds. The number of carbonyl (C=O) groups is 3. The molecule has 0 radical (unpaired) electrons. The number of ether oxygens (including phenoxy) is 1. The summed E-state index contributed by atoms with van der Waals surface area (Å²) < 4.78 is 5.32. The Morgan fingerprint density at radius 1 is 1.18 bits per heavy atom. The molecule has 0 aromatic heterocycles. The normalized spacial score (nSPS) is 18.8. The number of halogens is 1. The lowest BCUT2D eigenvalue weighted by Crippen LogP contribution is -2.46. The molecule has 0 spiro atoms. The summed E-state index contributed by atoms with van der Waals surface area (Å²) in [5.41, 5.74) is 0.151. The fourth-order valence-corrected chi connectivity index (χ4v) is 3.24. The van der Waals surface area contributed by atoms with Gasteiger partial charge in [0.05, 0.1) is 7.11 Å². The smallest absolute Gasteiger partial charge is 0.325 e. The van der Waals surface area contributed by atoms with Crippen molar-refractivity contribution in [3.05, 3.63) is 59.1 Å². The average molecular weight is 402 g/mol. The van der Waals surface area contributed by atoms with Crippen LogP contribution in [0.25, 0.3) is 0 Å². The van der Waals surface area contributed by atoms with Gasteiger partial charge >= 0.3 is 6.03 Å². The van der Waals surface area contributed by atoms with Crippen LogP contribution >= 0.6 is 11.6 Å².